The maximum Gasteiger partial charge on any atom is 0.410 e. The van der Waals surface area contributed by atoms with Gasteiger partial charge in [-0.15, -0.1) is 5.10 Å². The number of aromatic carboxylic acids is 1. The van der Waals surface area contributed by atoms with E-state index in [0.29, 0.717) is 35.4 Å². The molecule has 0 spiro atoms. The summed E-state index contributed by atoms with van der Waals surface area (Å²) in [6, 6.07) is 16.5. The van der Waals surface area contributed by atoms with Crippen LogP contribution in [-0.2, 0) is 34.0 Å². The highest BCUT2D eigenvalue weighted by atomic mass is 19.1. The number of nitrogens with zero attached hydrogens (tertiary/aromatic N) is 6. The van der Waals surface area contributed by atoms with E-state index < -0.39 is 59.0 Å². The fraction of sp³-hybridized carbons (Fsp3) is 0.364. The second-order valence-corrected chi connectivity index (χ2v) is 15.5. The van der Waals surface area contributed by atoms with Gasteiger partial charge in [-0.2, -0.15) is 0 Å². The van der Waals surface area contributed by atoms with Crippen LogP contribution in [0.1, 0.15) is 72.9 Å². The van der Waals surface area contributed by atoms with Crippen LogP contribution < -0.4 is 32.0 Å². The van der Waals surface area contributed by atoms with Gasteiger partial charge in [0.15, 0.2) is 0 Å². The number of aryl methyl sites for hydroxylation is 1. The Morgan fingerprint density at radius 2 is 1.61 bits per heavy atom. The highest BCUT2D eigenvalue weighted by Crippen LogP contribution is 2.27. The first-order valence-electron chi connectivity index (χ1n) is 20.8. The summed E-state index contributed by atoms with van der Waals surface area (Å²) in [7, 11) is 0. The number of fused-ring (bicyclic) bond motifs is 1. The summed E-state index contributed by atoms with van der Waals surface area (Å²) in [6.45, 7) is 7.26. The zero-order chi connectivity index (χ0) is 45.9. The van der Waals surface area contributed by atoms with Crippen molar-refractivity contribution in [1.29, 1.82) is 0 Å². The normalized spacial score (nSPS) is 13.6. The van der Waals surface area contributed by atoms with Crippen molar-refractivity contribution < 1.29 is 42.9 Å². The largest absolute Gasteiger partial charge is 0.477 e. The topological polar surface area (TPSA) is 245 Å². The van der Waals surface area contributed by atoms with Gasteiger partial charge in [0.25, 0.3) is 0 Å². The van der Waals surface area contributed by atoms with E-state index in [1.165, 1.54) is 21.8 Å². The minimum Gasteiger partial charge on any atom is -0.477 e. The van der Waals surface area contributed by atoms with E-state index in [1.807, 2.05) is 44.2 Å². The summed E-state index contributed by atoms with van der Waals surface area (Å²) >= 11 is 0. The molecule has 5 aromatic rings. The number of amides is 5. The Kier molecular flexibility index (Phi) is 15.1. The molecule has 1 aliphatic heterocycles. The van der Waals surface area contributed by atoms with E-state index in [9.17, 15) is 33.9 Å². The van der Waals surface area contributed by atoms with Gasteiger partial charge in [0, 0.05) is 56.5 Å². The van der Waals surface area contributed by atoms with Gasteiger partial charge in [0.05, 0.1) is 23.4 Å². The number of hydrogen-bond donors (Lipinski definition) is 5. The second-order valence-electron chi connectivity index (χ2n) is 15.5. The monoisotopic (exact) mass is 882 g/mol. The number of aromatic nitrogens is 4. The molecule has 64 heavy (non-hydrogen) atoms. The van der Waals surface area contributed by atoms with Crippen molar-refractivity contribution in [3.63, 3.8) is 0 Å². The Morgan fingerprint density at radius 3 is 2.27 bits per heavy atom. The molecule has 0 bridgehead atoms. The highest BCUT2D eigenvalue weighted by Gasteiger charge is 2.28. The lowest BCUT2D eigenvalue weighted by atomic mass is 10.0. The Balaban J connectivity index is 1.03. The van der Waals surface area contributed by atoms with Crippen molar-refractivity contribution in [1.82, 2.24) is 35.1 Å². The quantitative estimate of drug-likeness (QED) is 0.0761. The van der Waals surface area contributed by atoms with Gasteiger partial charge in [-0.1, -0.05) is 61.5 Å². The van der Waals surface area contributed by atoms with Crippen molar-refractivity contribution in [2.24, 2.45) is 11.7 Å². The Hall–Kier alpha value is -7.51. The minimum atomic E-state index is -1.39. The second kappa shape index (κ2) is 21.0. The van der Waals surface area contributed by atoms with E-state index in [4.69, 9.17) is 15.2 Å². The summed E-state index contributed by atoms with van der Waals surface area (Å²) in [4.78, 5) is 78.5. The molecule has 5 amide bonds. The Morgan fingerprint density at radius 1 is 0.922 bits per heavy atom. The number of carbonyl (C=O) groups is 5. The summed E-state index contributed by atoms with van der Waals surface area (Å²) in [5, 5.41) is 26.2. The van der Waals surface area contributed by atoms with Crippen molar-refractivity contribution in [2.45, 2.75) is 65.5 Å². The molecular formula is C44H51FN10O9. The average Bonchev–Trinajstić information content (AvgIpc) is 3.76. The molecule has 338 valence electrons. The number of hydrogen-bond acceptors (Lipinski definition) is 11. The van der Waals surface area contributed by atoms with Crippen LogP contribution in [0.25, 0.3) is 10.9 Å². The number of nitrogens with one attached hydrogen (secondary N) is 3. The van der Waals surface area contributed by atoms with Crippen LogP contribution in [0.2, 0.25) is 0 Å². The lowest BCUT2D eigenvalue weighted by Crippen LogP contribution is -2.49. The van der Waals surface area contributed by atoms with Gasteiger partial charge in [-0.3, -0.25) is 9.59 Å². The Bertz CT molecular complexity index is 2520. The third-order valence-electron chi connectivity index (χ3n) is 10.8. The zero-order valence-corrected chi connectivity index (χ0v) is 35.7. The standard InChI is InChI=1S/C44H51FN10O9/c1-4-52-23-32(41(58)59)39(56)31-21-33(45)37(22-36(31)52)53-17-19-54(20-18-53)44(62)64-26-29-12-14-30(15-13-29)48-40(57)35(11-8-16-47-42(46)60)55-24-34(50-51-55)38(27(2)3)49-43(61)63-25-28-9-6-5-7-10-28/h5-7,9-10,12-15,21-24,27,35,38H,4,8,11,16-20,25-26H2,1-3H3,(H,48,57)(H,49,61)(H,58,59)(H3,46,47,60)/t35-,38?/m0/s1. The SMILES string of the molecule is CCn1cc(C(=O)O)c(=O)c2cc(F)c(N3CCN(C(=O)OCc4ccc(NC(=O)[C@H](CCCNC(N)=O)n5cc(C(NC(=O)OCc6ccccc6)C(C)C)nn5)cc4)CC3)cc21. The lowest BCUT2D eigenvalue weighted by Gasteiger charge is -2.35. The van der Waals surface area contributed by atoms with Crippen LogP contribution in [0.5, 0.6) is 0 Å². The third kappa shape index (κ3) is 11.5. The molecule has 3 heterocycles. The van der Waals surface area contributed by atoms with E-state index in [-0.39, 0.29) is 69.3 Å². The number of carbonyl (C=O) groups excluding carboxylic acids is 4. The van der Waals surface area contributed by atoms with Crippen molar-refractivity contribution in [2.75, 3.05) is 42.9 Å². The molecule has 1 unspecified atom stereocenters. The van der Waals surface area contributed by atoms with Crippen molar-refractivity contribution >= 4 is 52.4 Å². The predicted molar refractivity (Wildman–Crippen MR) is 233 cm³/mol. The lowest BCUT2D eigenvalue weighted by molar-refractivity contribution is -0.119. The number of primary amides is 1. The van der Waals surface area contributed by atoms with Gasteiger partial charge in [0.2, 0.25) is 11.3 Å². The maximum absolute atomic E-state index is 15.4. The number of urea groups is 1. The Labute approximate surface area is 367 Å². The molecule has 1 aliphatic rings. The fourth-order valence-electron chi connectivity index (χ4n) is 7.28. The number of nitrogens with two attached hydrogens (primary N) is 1. The van der Waals surface area contributed by atoms with E-state index >= 15 is 4.39 Å². The molecule has 2 aromatic heterocycles. The van der Waals surface area contributed by atoms with Crippen LogP contribution in [0.3, 0.4) is 0 Å². The van der Waals surface area contributed by atoms with Crippen molar-refractivity contribution in [3.8, 4) is 0 Å². The molecule has 2 atom stereocenters. The summed E-state index contributed by atoms with van der Waals surface area (Å²) in [5.41, 5.74) is 7.04. The zero-order valence-electron chi connectivity index (χ0n) is 35.7. The number of halogens is 1. The molecule has 1 saturated heterocycles. The van der Waals surface area contributed by atoms with Gasteiger partial charge in [0.1, 0.15) is 36.3 Å². The average molecular weight is 883 g/mol. The van der Waals surface area contributed by atoms with Crippen LogP contribution in [0, 0.1) is 11.7 Å². The molecule has 0 aliphatic carbocycles. The number of carboxylic acid groups (broad SMARTS) is 1. The summed E-state index contributed by atoms with van der Waals surface area (Å²) < 4.78 is 29.4. The molecule has 1 fully saturated rings. The molecule has 20 heteroatoms. The van der Waals surface area contributed by atoms with Crippen LogP contribution in [0.15, 0.2) is 83.9 Å². The van der Waals surface area contributed by atoms with E-state index in [1.54, 1.807) is 46.9 Å². The number of alkyl carbamates (subject to hydrolysis) is 1. The number of piperazine rings is 1. The molecule has 3 aromatic carbocycles. The minimum absolute atomic E-state index is 0.0249. The van der Waals surface area contributed by atoms with E-state index in [2.05, 4.69) is 26.3 Å². The summed E-state index contributed by atoms with van der Waals surface area (Å²) in [5.74, 6) is -2.58. The fourth-order valence-corrected chi connectivity index (χ4v) is 7.28. The highest BCUT2D eigenvalue weighted by molar-refractivity contribution is 5.94. The number of carboxylic acids is 1. The number of rotatable bonds is 17. The van der Waals surface area contributed by atoms with Crippen LogP contribution in [0.4, 0.5) is 30.1 Å². The number of ether oxygens (including phenoxy) is 2. The summed E-state index contributed by atoms with van der Waals surface area (Å²) in [6.07, 6.45) is 2.30. The smallest absolute Gasteiger partial charge is 0.410 e. The van der Waals surface area contributed by atoms with Gasteiger partial charge in [-0.05, 0) is 61.1 Å². The van der Waals surface area contributed by atoms with Gasteiger partial charge < -0.3 is 50.6 Å². The molecule has 6 rings (SSSR count). The third-order valence-corrected chi connectivity index (χ3v) is 10.8. The number of anilines is 2. The van der Waals surface area contributed by atoms with Gasteiger partial charge >= 0.3 is 24.2 Å². The first kappa shape index (κ1) is 46.0. The first-order valence-corrected chi connectivity index (χ1v) is 20.8. The molecule has 6 N–H and O–H groups in total. The van der Waals surface area contributed by atoms with Crippen LogP contribution >= 0.6 is 0 Å². The first-order chi connectivity index (χ1) is 30.7. The molecule has 0 radical (unpaired) electrons. The predicted octanol–water partition coefficient (Wildman–Crippen LogP) is 5.16. The number of benzene rings is 3. The molecule has 19 nitrogen and oxygen atoms in total. The molecule has 0 saturated carbocycles. The maximum atomic E-state index is 15.4. The van der Waals surface area contributed by atoms with Crippen LogP contribution in [-0.4, -0.2) is 92.4 Å². The molecular weight excluding hydrogens is 832 g/mol. The van der Waals surface area contributed by atoms with E-state index in [0.717, 1.165) is 11.6 Å². The van der Waals surface area contributed by atoms with Gasteiger partial charge in [-0.25, -0.2) is 28.3 Å². The van der Waals surface area contributed by atoms with Crippen molar-refractivity contribution in [3.05, 3.63) is 118 Å². The number of pyridine rings is 1.